The Labute approximate surface area is 120 Å². The van der Waals surface area contributed by atoms with E-state index in [0.29, 0.717) is 36.7 Å². The van der Waals surface area contributed by atoms with E-state index < -0.39 is 0 Å². The molecule has 0 saturated carbocycles. The van der Waals surface area contributed by atoms with Gasteiger partial charge in [-0.2, -0.15) is 0 Å². The fourth-order valence-corrected chi connectivity index (χ4v) is 1.88. The normalized spacial score (nSPS) is 10.2. The van der Waals surface area contributed by atoms with E-state index in [1.165, 1.54) is 0 Å². The molecule has 0 aliphatic carbocycles. The Morgan fingerprint density at radius 2 is 1.50 bits per heavy atom. The molecule has 4 heteroatoms. The minimum absolute atomic E-state index is 0.0303. The third-order valence-corrected chi connectivity index (χ3v) is 2.71. The van der Waals surface area contributed by atoms with Crippen molar-refractivity contribution in [2.24, 2.45) is 0 Å². The molecule has 0 heterocycles. The molecule has 0 aliphatic heterocycles. The van der Waals surface area contributed by atoms with Gasteiger partial charge in [-0.05, 0) is 32.4 Å². The highest BCUT2D eigenvalue weighted by Gasteiger charge is 2.14. The summed E-state index contributed by atoms with van der Waals surface area (Å²) in [5, 5.41) is 0. The molecule has 0 fully saturated rings. The quantitative estimate of drug-likeness (QED) is 0.513. The van der Waals surface area contributed by atoms with E-state index in [4.69, 9.17) is 9.47 Å². The number of hydrogen-bond donors (Lipinski definition) is 0. The summed E-state index contributed by atoms with van der Waals surface area (Å²) in [6.45, 7) is 6.69. The standard InChI is InChI=1S/C16H22O4/c1-4-7-13(17)10-16(18)12-8-14(19-5-2)11-15(9-12)20-6-3/h8-9,11H,4-7,10H2,1-3H3. The van der Waals surface area contributed by atoms with Crippen LogP contribution in [0.1, 0.15) is 50.4 Å². The second kappa shape index (κ2) is 8.35. The lowest BCUT2D eigenvalue weighted by atomic mass is 10.0. The smallest absolute Gasteiger partial charge is 0.170 e. The van der Waals surface area contributed by atoms with Gasteiger partial charge in [0.1, 0.15) is 17.3 Å². The SMILES string of the molecule is CCCC(=O)CC(=O)c1cc(OCC)cc(OCC)c1. The molecule has 20 heavy (non-hydrogen) atoms. The van der Waals surface area contributed by atoms with Crippen LogP contribution in [0.4, 0.5) is 0 Å². The van der Waals surface area contributed by atoms with Crippen molar-refractivity contribution in [2.45, 2.75) is 40.0 Å². The first-order chi connectivity index (χ1) is 9.60. The molecule has 0 atom stereocenters. The van der Waals surface area contributed by atoms with Crippen molar-refractivity contribution in [2.75, 3.05) is 13.2 Å². The van der Waals surface area contributed by atoms with E-state index in [1.807, 2.05) is 20.8 Å². The highest BCUT2D eigenvalue weighted by Crippen LogP contribution is 2.24. The van der Waals surface area contributed by atoms with Gasteiger partial charge in [-0.15, -0.1) is 0 Å². The predicted molar refractivity (Wildman–Crippen MR) is 77.6 cm³/mol. The Morgan fingerprint density at radius 1 is 0.950 bits per heavy atom. The summed E-state index contributed by atoms with van der Waals surface area (Å²) >= 11 is 0. The van der Waals surface area contributed by atoms with Crippen LogP contribution in [0.5, 0.6) is 11.5 Å². The molecule has 1 aromatic carbocycles. The zero-order chi connectivity index (χ0) is 15.0. The first-order valence-electron chi connectivity index (χ1n) is 7.06. The van der Waals surface area contributed by atoms with Gasteiger partial charge >= 0.3 is 0 Å². The molecule has 0 N–H and O–H groups in total. The van der Waals surface area contributed by atoms with Crippen LogP contribution < -0.4 is 9.47 Å². The van der Waals surface area contributed by atoms with Crippen molar-refractivity contribution in [3.63, 3.8) is 0 Å². The van der Waals surface area contributed by atoms with Crippen LogP contribution in [0.15, 0.2) is 18.2 Å². The average Bonchev–Trinajstić information content (AvgIpc) is 2.39. The molecule has 1 rings (SSSR count). The number of ketones is 2. The highest BCUT2D eigenvalue weighted by atomic mass is 16.5. The van der Waals surface area contributed by atoms with E-state index in [2.05, 4.69) is 0 Å². The van der Waals surface area contributed by atoms with Gasteiger partial charge in [-0.3, -0.25) is 9.59 Å². The van der Waals surface area contributed by atoms with Crippen LogP contribution in [-0.4, -0.2) is 24.8 Å². The summed E-state index contributed by atoms with van der Waals surface area (Å²) in [6, 6.07) is 5.07. The van der Waals surface area contributed by atoms with Crippen LogP contribution in [0.3, 0.4) is 0 Å². The summed E-state index contributed by atoms with van der Waals surface area (Å²) < 4.78 is 10.8. The summed E-state index contributed by atoms with van der Waals surface area (Å²) in [4.78, 5) is 23.7. The minimum Gasteiger partial charge on any atom is -0.494 e. The minimum atomic E-state index is -0.189. The summed E-state index contributed by atoms with van der Waals surface area (Å²) in [5.74, 6) is 0.956. The van der Waals surface area contributed by atoms with E-state index >= 15 is 0 Å². The van der Waals surface area contributed by atoms with E-state index in [1.54, 1.807) is 18.2 Å². The maximum atomic E-state index is 12.1. The molecule has 0 saturated heterocycles. The molecule has 0 aromatic heterocycles. The highest BCUT2D eigenvalue weighted by molar-refractivity contribution is 6.08. The van der Waals surface area contributed by atoms with Gasteiger partial charge in [0, 0.05) is 18.1 Å². The second-order valence-electron chi connectivity index (χ2n) is 4.45. The third kappa shape index (κ3) is 5.03. The lowest BCUT2D eigenvalue weighted by Crippen LogP contribution is -2.08. The van der Waals surface area contributed by atoms with Gasteiger partial charge < -0.3 is 9.47 Å². The lowest BCUT2D eigenvalue weighted by Gasteiger charge is -2.10. The number of carbonyl (C=O) groups is 2. The zero-order valence-corrected chi connectivity index (χ0v) is 12.4. The fraction of sp³-hybridized carbons (Fsp3) is 0.500. The van der Waals surface area contributed by atoms with Crippen molar-refractivity contribution >= 4 is 11.6 Å². The van der Waals surface area contributed by atoms with Gasteiger partial charge in [0.15, 0.2) is 5.78 Å². The van der Waals surface area contributed by atoms with Crippen LogP contribution in [0.25, 0.3) is 0 Å². The topological polar surface area (TPSA) is 52.6 Å². The molecule has 0 spiro atoms. The van der Waals surface area contributed by atoms with Crippen LogP contribution in [0.2, 0.25) is 0 Å². The molecular weight excluding hydrogens is 256 g/mol. The fourth-order valence-electron chi connectivity index (χ4n) is 1.88. The number of ether oxygens (including phenoxy) is 2. The summed E-state index contributed by atoms with van der Waals surface area (Å²) in [6.07, 6.45) is 1.14. The molecule has 0 unspecified atom stereocenters. The van der Waals surface area contributed by atoms with Crippen LogP contribution in [0, 0.1) is 0 Å². The first kappa shape index (κ1) is 16.2. The molecule has 4 nitrogen and oxygen atoms in total. The lowest BCUT2D eigenvalue weighted by molar-refractivity contribution is -0.118. The molecule has 1 aromatic rings. The van der Waals surface area contributed by atoms with Crippen molar-refractivity contribution in [1.82, 2.24) is 0 Å². The maximum absolute atomic E-state index is 12.1. The maximum Gasteiger partial charge on any atom is 0.170 e. The van der Waals surface area contributed by atoms with Gasteiger partial charge in [0.25, 0.3) is 0 Å². The number of Topliss-reactive ketones (excluding diaryl/α,β-unsaturated/α-hetero) is 2. The first-order valence-corrected chi connectivity index (χ1v) is 7.06. The zero-order valence-electron chi connectivity index (χ0n) is 12.4. The van der Waals surface area contributed by atoms with Gasteiger partial charge in [0.05, 0.1) is 19.6 Å². The Hall–Kier alpha value is -1.84. The Morgan fingerprint density at radius 3 is 1.95 bits per heavy atom. The molecule has 110 valence electrons. The van der Waals surface area contributed by atoms with E-state index in [0.717, 1.165) is 6.42 Å². The van der Waals surface area contributed by atoms with Gasteiger partial charge in [-0.25, -0.2) is 0 Å². The summed E-state index contributed by atoms with van der Waals surface area (Å²) in [7, 11) is 0. The van der Waals surface area contributed by atoms with Crippen molar-refractivity contribution in [3.8, 4) is 11.5 Å². The second-order valence-corrected chi connectivity index (χ2v) is 4.45. The van der Waals surface area contributed by atoms with E-state index in [9.17, 15) is 9.59 Å². The van der Waals surface area contributed by atoms with Crippen molar-refractivity contribution < 1.29 is 19.1 Å². The Balaban J connectivity index is 2.91. The largest absolute Gasteiger partial charge is 0.494 e. The molecule has 0 amide bonds. The Bertz CT molecular complexity index is 441. The monoisotopic (exact) mass is 278 g/mol. The van der Waals surface area contributed by atoms with Crippen molar-refractivity contribution in [1.29, 1.82) is 0 Å². The molecule has 0 radical (unpaired) electrons. The number of benzene rings is 1. The number of carbonyl (C=O) groups excluding carboxylic acids is 2. The molecule has 0 aliphatic rings. The molecular formula is C16H22O4. The van der Waals surface area contributed by atoms with Gasteiger partial charge in [0.2, 0.25) is 0 Å². The van der Waals surface area contributed by atoms with E-state index in [-0.39, 0.29) is 18.0 Å². The summed E-state index contributed by atoms with van der Waals surface area (Å²) in [5.41, 5.74) is 0.462. The van der Waals surface area contributed by atoms with Crippen LogP contribution in [-0.2, 0) is 4.79 Å². The number of rotatable bonds is 9. The van der Waals surface area contributed by atoms with Gasteiger partial charge in [-0.1, -0.05) is 6.92 Å². The average molecular weight is 278 g/mol. The third-order valence-electron chi connectivity index (χ3n) is 2.71. The van der Waals surface area contributed by atoms with Crippen LogP contribution >= 0.6 is 0 Å². The van der Waals surface area contributed by atoms with Crippen molar-refractivity contribution in [3.05, 3.63) is 23.8 Å². The number of hydrogen-bond acceptors (Lipinski definition) is 4. The predicted octanol–water partition coefficient (Wildman–Crippen LogP) is 3.43. The molecule has 0 bridgehead atoms. The Kier molecular flexibility index (Phi) is 6.77.